The standard InChI is InChI=1S/C9H14N2O4S/c12-8-6-11(9(13)10-8)16(14,15)7-4-2-1-3-5-7/h7H,1-6H2,(H,10,12,13). The molecule has 2 aliphatic rings. The zero-order valence-electron chi connectivity index (χ0n) is 8.81. The van der Waals surface area contributed by atoms with Gasteiger partial charge in [0.1, 0.15) is 6.54 Å². The number of carbonyl (C=O) groups excluding carboxylic acids is 2. The predicted octanol–water partition coefficient (Wildman–Crippen LogP) is 0.201. The quantitative estimate of drug-likeness (QED) is 0.705. The molecule has 6 nitrogen and oxygen atoms in total. The molecular formula is C9H14N2O4S. The molecule has 90 valence electrons. The van der Waals surface area contributed by atoms with Gasteiger partial charge in [0.05, 0.1) is 5.25 Å². The second kappa shape index (κ2) is 4.04. The first-order valence-electron chi connectivity index (χ1n) is 5.37. The van der Waals surface area contributed by atoms with Crippen LogP contribution in [-0.4, -0.2) is 36.5 Å². The van der Waals surface area contributed by atoms with Crippen LogP contribution >= 0.6 is 0 Å². The van der Waals surface area contributed by atoms with Gasteiger partial charge in [0, 0.05) is 0 Å². The van der Waals surface area contributed by atoms with E-state index in [0.717, 1.165) is 19.3 Å². The molecule has 1 saturated heterocycles. The Morgan fingerprint density at radius 3 is 2.25 bits per heavy atom. The SMILES string of the molecule is O=C1CN(S(=O)(=O)C2CCCCC2)C(=O)N1. The summed E-state index contributed by atoms with van der Waals surface area (Å²) in [6.07, 6.45) is 3.94. The molecule has 0 spiro atoms. The van der Waals surface area contributed by atoms with Crippen molar-refractivity contribution in [2.75, 3.05) is 6.54 Å². The molecule has 0 unspecified atom stereocenters. The van der Waals surface area contributed by atoms with Crippen molar-refractivity contribution in [3.63, 3.8) is 0 Å². The summed E-state index contributed by atoms with van der Waals surface area (Å²) in [5.41, 5.74) is 0. The van der Waals surface area contributed by atoms with Crippen LogP contribution in [0.4, 0.5) is 4.79 Å². The zero-order valence-corrected chi connectivity index (χ0v) is 9.62. The van der Waals surface area contributed by atoms with Crippen molar-refractivity contribution in [3.8, 4) is 0 Å². The number of rotatable bonds is 2. The molecule has 3 amide bonds. The average Bonchev–Trinajstić information content (AvgIpc) is 2.60. The first-order valence-corrected chi connectivity index (χ1v) is 6.87. The molecule has 2 fully saturated rings. The second-order valence-electron chi connectivity index (χ2n) is 4.16. The van der Waals surface area contributed by atoms with Crippen molar-refractivity contribution < 1.29 is 18.0 Å². The fourth-order valence-electron chi connectivity index (χ4n) is 2.17. The van der Waals surface area contributed by atoms with Crippen LogP contribution < -0.4 is 5.32 Å². The van der Waals surface area contributed by atoms with E-state index in [9.17, 15) is 18.0 Å². The fourth-order valence-corrected chi connectivity index (χ4v) is 4.03. The molecular weight excluding hydrogens is 232 g/mol. The van der Waals surface area contributed by atoms with Gasteiger partial charge >= 0.3 is 6.03 Å². The van der Waals surface area contributed by atoms with E-state index in [2.05, 4.69) is 0 Å². The monoisotopic (exact) mass is 246 g/mol. The average molecular weight is 246 g/mol. The number of sulfonamides is 1. The number of hydrogen-bond donors (Lipinski definition) is 1. The van der Waals surface area contributed by atoms with Gasteiger partial charge in [-0.3, -0.25) is 10.1 Å². The van der Waals surface area contributed by atoms with E-state index in [1.165, 1.54) is 0 Å². The highest BCUT2D eigenvalue weighted by Crippen LogP contribution is 2.26. The number of amides is 3. The number of urea groups is 1. The largest absolute Gasteiger partial charge is 0.338 e. The summed E-state index contributed by atoms with van der Waals surface area (Å²) >= 11 is 0. The van der Waals surface area contributed by atoms with Gasteiger partial charge in [-0.1, -0.05) is 19.3 Å². The molecule has 1 saturated carbocycles. The lowest BCUT2D eigenvalue weighted by atomic mass is 10.0. The Hall–Kier alpha value is -1.11. The van der Waals surface area contributed by atoms with Crippen molar-refractivity contribution in [3.05, 3.63) is 0 Å². The van der Waals surface area contributed by atoms with E-state index in [4.69, 9.17) is 0 Å². The summed E-state index contributed by atoms with van der Waals surface area (Å²) in [6, 6.07) is -0.810. The van der Waals surface area contributed by atoms with E-state index in [1.54, 1.807) is 0 Å². The third-order valence-corrected chi connectivity index (χ3v) is 5.26. The zero-order chi connectivity index (χ0) is 11.8. The van der Waals surface area contributed by atoms with E-state index in [-0.39, 0.29) is 6.54 Å². The van der Waals surface area contributed by atoms with E-state index < -0.39 is 27.2 Å². The Bertz CT molecular complexity index is 411. The Morgan fingerprint density at radius 2 is 1.75 bits per heavy atom. The minimum Gasteiger partial charge on any atom is -0.276 e. The first-order chi connectivity index (χ1) is 7.51. The van der Waals surface area contributed by atoms with Crippen molar-refractivity contribution >= 4 is 22.0 Å². The third-order valence-electron chi connectivity index (χ3n) is 3.04. The van der Waals surface area contributed by atoms with Crippen LogP contribution in [0.1, 0.15) is 32.1 Å². The highest BCUT2D eigenvalue weighted by Gasteiger charge is 2.41. The number of nitrogens with one attached hydrogen (secondary N) is 1. The predicted molar refractivity (Wildman–Crippen MR) is 56.0 cm³/mol. The summed E-state index contributed by atoms with van der Waals surface area (Å²) in [6.45, 7) is -0.363. The van der Waals surface area contributed by atoms with Crippen LogP contribution in [0.15, 0.2) is 0 Å². The van der Waals surface area contributed by atoms with Crippen LogP contribution in [0.25, 0.3) is 0 Å². The minimum atomic E-state index is -3.64. The van der Waals surface area contributed by atoms with Crippen molar-refractivity contribution in [2.24, 2.45) is 0 Å². The maximum Gasteiger partial charge on any atom is 0.338 e. The van der Waals surface area contributed by atoms with Gasteiger partial charge < -0.3 is 0 Å². The van der Waals surface area contributed by atoms with E-state index in [0.29, 0.717) is 17.1 Å². The van der Waals surface area contributed by atoms with Gasteiger partial charge in [-0.2, -0.15) is 0 Å². The summed E-state index contributed by atoms with van der Waals surface area (Å²) < 4.78 is 24.8. The van der Waals surface area contributed by atoms with Gasteiger partial charge in [-0.15, -0.1) is 0 Å². The molecule has 1 heterocycles. The molecule has 0 aromatic heterocycles. The maximum atomic E-state index is 12.1. The smallest absolute Gasteiger partial charge is 0.276 e. The first kappa shape index (κ1) is 11.4. The van der Waals surface area contributed by atoms with Gasteiger partial charge in [-0.25, -0.2) is 17.5 Å². The topological polar surface area (TPSA) is 83.6 Å². The Morgan fingerprint density at radius 1 is 1.12 bits per heavy atom. The Balaban J connectivity index is 2.18. The third kappa shape index (κ3) is 1.91. The molecule has 1 aliphatic carbocycles. The summed E-state index contributed by atoms with van der Waals surface area (Å²) in [4.78, 5) is 22.2. The van der Waals surface area contributed by atoms with Crippen LogP contribution in [0.2, 0.25) is 0 Å². The van der Waals surface area contributed by atoms with Crippen LogP contribution in [0, 0.1) is 0 Å². The molecule has 1 aliphatic heterocycles. The van der Waals surface area contributed by atoms with Crippen LogP contribution in [-0.2, 0) is 14.8 Å². The summed E-state index contributed by atoms with van der Waals surface area (Å²) in [5.74, 6) is -0.551. The van der Waals surface area contributed by atoms with E-state index >= 15 is 0 Å². The molecule has 0 aromatic rings. The number of imide groups is 1. The lowest BCUT2D eigenvalue weighted by molar-refractivity contribution is -0.118. The van der Waals surface area contributed by atoms with Crippen LogP contribution in [0.5, 0.6) is 0 Å². The second-order valence-corrected chi connectivity index (χ2v) is 6.30. The number of nitrogens with zero attached hydrogens (tertiary/aromatic N) is 1. The Labute approximate surface area is 94.0 Å². The normalized spacial score (nSPS) is 23.6. The Kier molecular flexibility index (Phi) is 2.88. The summed E-state index contributed by atoms with van der Waals surface area (Å²) in [5, 5.41) is 1.48. The molecule has 0 bridgehead atoms. The van der Waals surface area contributed by atoms with E-state index in [1.807, 2.05) is 5.32 Å². The van der Waals surface area contributed by atoms with Gasteiger partial charge in [0.15, 0.2) is 0 Å². The highest BCUT2D eigenvalue weighted by atomic mass is 32.2. The molecule has 0 aromatic carbocycles. The van der Waals surface area contributed by atoms with Crippen molar-refractivity contribution in [1.29, 1.82) is 0 Å². The maximum absolute atomic E-state index is 12.1. The minimum absolute atomic E-state index is 0.363. The molecule has 2 rings (SSSR count). The molecule has 0 atom stereocenters. The van der Waals surface area contributed by atoms with Gasteiger partial charge in [-0.05, 0) is 12.8 Å². The van der Waals surface area contributed by atoms with Gasteiger partial charge in [0.2, 0.25) is 15.9 Å². The lowest BCUT2D eigenvalue weighted by Gasteiger charge is -2.25. The molecule has 16 heavy (non-hydrogen) atoms. The van der Waals surface area contributed by atoms with Crippen molar-refractivity contribution in [1.82, 2.24) is 9.62 Å². The fraction of sp³-hybridized carbons (Fsp3) is 0.778. The number of carbonyl (C=O) groups is 2. The molecule has 1 N–H and O–H groups in total. The highest BCUT2D eigenvalue weighted by molar-refractivity contribution is 7.90. The number of hydrogen-bond acceptors (Lipinski definition) is 4. The van der Waals surface area contributed by atoms with Crippen molar-refractivity contribution in [2.45, 2.75) is 37.4 Å². The molecule has 0 radical (unpaired) electrons. The van der Waals surface area contributed by atoms with Gasteiger partial charge in [0.25, 0.3) is 0 Å². The molecule has 7 heteroatoms. The van der Waals surface area contributed by atoms with Crippen LogP contribution in [0.3, 0.4) is 0 Å². The lowest BCUT2D eigenvalue weighted by Crippen LogP contribution is -2.41. The summed E-state index contributed by atoms with van der Waals surface area (Å²) in [7, 11) is -3.64.